The van der Waals surface area contributed by atoms with E-state index in [0.29, 0.717) is 25.0 Å². The molecule has 4 aromatic rings. The van der Waals surface area contributed by atoms with Crippen LogP contribution in [0.1, 0.15) is 54.3 Å². The van der Waals surface area contributed by atoms with Crippen molar-refractivity contribution in [3.05, 3.63) is 83.6 Å². The zero-order valence-corrected chi connectivity index (χ0v) is 23.3. The number of amides is 1. The molecular formula is C33H38N2O4. The van der Waals surface area contributed by atoms with E-state index >= 15 is 0 Å². The zero-order valence-electron chi connectivity index (χ0n) is 23.3. The molecule has 6 heteroatoms. The minimum atomic E-state index is -0.0612. The van der Waals surface area contributed by atoms with Crippen LogP contribution in [-0.2, 0) is 6.54 Å². The number of furan rings is 1. The molecule has 0 bridgehead atoms. The molecule has 0 spiro atoms. The van der Waals surface area contributed by atoms with Gasteiger partial charge in [-0.2, -0.15) is 0 Å². The molecule has 3 aromatic carbocycles. The highest BCUT2D eigenvalue weighted by Gasteiger charge is 2.32. The second-order valence-electron chi connectivity index (χ2n) is 10.3. The molecule has 0 unspecified atom stereocenters. The number of nitrogens with one attached hydrogen (secondary N) is 1. The van der Waals surface area contributed by atoms with Crippen molar-refractivity contribution in [2.75, 3.05) is 20.8 Å². The Morgan fingerprint density at radius 3 is 2.38 bits per heavy atom. The number of aryl methyl sites for hydroxylation is 1. The van der Waals surface area contributed by atoms with Crippen molar-refractivity contribution in [2.45, 2.75) is 58.2 Å². The van der Waals surface area contributed by atoms with Crippen molar-refractivity contribution in [2.24, 2.45) is 0 Å². The van der Waals surface area contributed by atoms with Crippen molar-refractivity contribution < 1.29 is 18.7 Å². The Kier molecular flexibility index (Phi) is 8.22. The van der Waals surface area contributed by atoms with E-state index in [0.717, 1.165) is 70.4 Å². The fourth-order valence-corrected chi connectivity index (χ4v) is 5.70. The summed E-state index contributed by atoms with van der Waals surface area (Å²) in [5.74, 6) is 1.99. The first kappa shape index (κ1) is 26.8. The predicted molar refractivity (Wildman–Crippen MR) is 156 cm³/mol. The maximum atomic E-state index is 14.2. The summed E-state index contributed by atoms with van der Waals surface area (Å²) in [6.07, 6.45) is 3.96. The van der Waals surface area contributed by atoms with Crippen LogP contribution in [0.15, 0.2) is 71.1 Å². The average Bonchev–Trinajstić information content (AvgIpc) is 3.33. The molecule has 1 aromatic heterocycles. The number of rotatable bonds is 9. The molecule has 204 valence electrons. The maximum absolute atomic E-state index is 14.2. The first-order valence-electron chi connectivity index (χ1n) is 13.9. The van der Waals surface area contributed by atoms with E-state index in [2.05, 4.69) is 29.6 Å². The summed E-state index contributed by atoms with van der Waals surface area (Å²) in [5, 5.41) is 4.39. The Morgan fingerprint density at radius 2 is 1.72 bits per heavy atom. The normalized spacial score (nSPS) is 17.2. The summed E-state index contributed by atoms with van der Waals surface area (Å²) in [6, 6.07) is 22.7. The molecule has 1 aliphatic carbocycles. The van der Waals surface area contributed by atoms with E-state index < -0.39 is 0 Å². The smallest absolute Gasteiger partial charge is 0.290 e. The van der Waals surface area contributed by atoms with Gasteiger partial charge in [0, 0.05) is 28.6 Å². The van der Waals surface area contributed by atoms with Crippen LogP contribution in [0, 0.1) is 6.92 Å². The van der Waals surface area contributed by atoms with E-state index in [-0.39, 0.29) is 11.9 Å². The van der Waals surface area contributed by atoms with Crippen molar-refractivity contribution in [3.63, 3.8) is 0 Å². The summed E-state index contributed by atoms with van der Waals surface area (Å²) >= 11 is 0. The second-order valence-corrected chi connectivity index (χ2v) is 10.3. The lowest BCUT2D eigenvalue weighted by Gasteiger charge is -2.37. The molecule has 0 saturated heterocycles. The zero-order chi connectivity index (χ0) is 27.4. The molecule has 1 saturated carbocycles. The third-order valence-corrected chi connectivity index (χ3v) is 7.97. The van der Waals surface area contributed by atoms with Gasteiger partial charge in [0.1, 0.15) is 17.1 Å². The number of ether oxygens (including phenoxy) is 2. The Bertz CT molecular complexity index is 1420. The summed E-state index contributed by atoms with van der Waals surface area (Å²) in [4.78, 5) is 16.3. The summed E-state index contributed by atoms with van der Waals surface area (Å²) in [7, 11) is 3.69. The van der Waals surface area contributed by atoms with Crippen LogP contribution in [-0.4, -0.2) is 43.7 Å². The van der Waals surface area contributed by atoms with Gasteiger partial charge in [0.2, 0.25) is 0 Å². The second kappa shape index (κ2) is 12.0. The topological polar surface area (TPSA) is 63.9 Å². The third kappa shape index (κ3) is 5.66. The molecule has 1 heterocycles. The molecule has 1 aliphatic rings. The lowest BCUT2D eigenvalue weighted by atomic mass is 9.89. The molecule has 5 rings (SSSR count). The number of para-hydroxylation sites is 1. The molecule has 0 aliphatic heterocycles. The molecule has 0 atom stereocenters. The number of nitrogens with zero attached hydrogens (tertiary/aromatic N) is 1. The van der Waals surface area contributed by atoms with Crippen molar-refractivity contribution >= 4 is 16.9 Å². The Balaban J connectivity index is 1.53. The summed E-state index contributed by atoms with van der Waals surface area (Å²) in [5.41, 5.74) is 4.78. The predicted octanol–water partition coefficient (Wildman–Crippen LogP) is 6.99. The van der Waals surface area contributed by atoms with Gasteiger partial charge >= 0.3 is 0 Å². The highest BCUT2D eigenvalue weighted by molar-refractivity contribution is 5.99. The average molecular weight is 527 g/mol. The fraction of sp³-hybridized carbons (Fsp3) is 0.364. The lowest BCUT2D eigenvalue weighted by molar-refractivity contribution is 0.0568. The van der Waals surface area contributed by atoms with Crippen molar-refractivity contribution in [1.82, 2.24) is 10.2 Å². The largest absolute Gasteiger partial charge is 0.497 e. The third-order valence-electron chi connectivity index (χ3n) is 7.97. The molecular weight excluding hydrogens is 488 g/mol. The SMILES string of the molecule is CCOc1ccc(-c2ccc(OC)cc2)cc1CN(C(=O)c1oc2ccccc2c1C)[C@H]1CC[C@@H](NC)CC1. The van der Waals surface area contributed by atoms with Crippen molar-refractivity contribution in [1.29, 1.82) is 0 Å². The van der Waals surface area contributed by atoms with Crippen LogP contribution in [0.5, 0.6) is 11.5 Å². The molecule has 0 radical (unpaired) electrons. The molecule has 6 nitrogen and oxygen atoms in total. The lowest BCUT2D eigenvalue weighted by Crippen LogP contribution is -2.44. The van der Waals surface area contributed by atoms with E-state index in [1.807, 2.05) is 68.3 Å². The van der Waals surface area contributed by atoms with E-state index in [1.54, 1.807) is 7.11 Å². The minimum absolute atomic E-state index is 0.0612. The number of hydrogen-bond acceptors (Lipinski definition) is 5. The Hall–Kier alpha value is -3.77. The minimum Gasteiger partial charge on any atom is -0.497 e. The van der Waals surface area contributed by atoms with Crippen LogP contribution in [0.3, 0.4) is 0 Å². The highest BCUT2D eigenvalue weighted by Crippen LogP contribution is 2.34. The Labute approximate surface area is 230 Å². The fourth-order valence-electron chi connectivity index (χ4n) is 5.70. The monoisotopic (exact) mass is 526 g/mol. The molecule has 1 fully saturated rings. The summed E-state index contributed by atoms with van der Waals surface area (Å²) < 4.78 is 17.5. The van der Waals surface area contributed by atoms with Gasteiger partial charge in [-0.05, 0) is 88.0 Å². The van der Waals surface area contributed by atoms with Crippen LogP contribution >= 0.6 is 0 Å². The molecule has 1 N–H and O–H groups in total. The first-order valence-corrected chi connectivity index (χ1v) is 13.9. The molecule has 1 amide bonds. The van der Waals surface area contributed by atoms with Crippen molar-refractivity contribution in [3.8, 4) is 22.6 Å². The van der Waals surface area contributed by atoms with Gasteiger partial charge in [0.05, 0.1) is 20.3 Å². The first-order chi connectivity index (χ1) is 19.0. The van der Waals surface area contributed by atoms with Gasteiger partial charge in [-0.1, -0.05) is 36.4 Å². The van der Waals surface area contributed by atoms with Crippen LogP contribution in [0.2, 0.25) is 0 Å². The van der Waals surface area contributed by atoms with Crippen LogP contribution < -0.4 is 14.8 Å². The van der Waals surface area contributed by atoms with E-state index in [1.165, 1.54) is 0 Å². The standard InChI is InChI=1S/C33H38N2O4/c1-5-38-30-19-12-24(23-10-17-28(37-4)18-11-23)20-25(30)21-35(27-15-13-26(34-3)14-16-27)33(36)32-22(2)29-8-6-7-9-31(29)39-32/h6-12,17-20,26-27,34H,5,13-16,21H2,1-4H3/t26-,27+. The quantitative estimate of drug-likeness (QED) is 0.255. The number of methoxy groups -OCH3 is 1. The number of hydrogen-bond donors (Lipinski definition) is 1. The Morgan fingerprint density at radius 1 is 1.00 bits per heavy atom. The van der Waals surface area contributed by atoms with Gasteiger partial charge in [0.15, 0.2) is 5.76 Å². The number of carbonyl (C=O) groups is 1. The highest BCUT2D eigenvalue weighted by atomic mass is 16.5. The summed E-state index contributed by atoms with van der Waals surface area (Å²) in [6.45, 7) is 4.97. The number of fused-ring (bicyclic) bond motifs is 1. The van der Waals surface area contributed by atoms with Gasteiger partial charge in [-0.15, -0.1) is 0 Å². The van der Waals surface area contributed by atoms with Gasteiger partial charge < -0.3 is 24.1 Å². The van der Waals surface area contributed by atoms with Crippen LogP contribution in [0.4, 0.5) is 0 Å². The maximum Gasteiger partial charge on any atom is 0.290 e. The van der Waals surface area contributed by atoms with Crippen LogP contribution in [0.25, 0.3) is 22.1 Å². The van der Waals surface area contributed by atoms with Gasteiger partial charge in [-0.25, -0.2) is 0 Å². The number of benzene rings is 3. The van der Waals surface area contributed by atoms with Gasteiger partial charge in [-0.3, -0.25) is 4.79 Å². The number of carbonyl (C=O) groups excluding carboxylic acids is 1. The van der Waals surface area contributed by atoms with E-state index in [4.69, 9.17) is 13.9 Å². The van der Waals surface area contributed by atoms with E-state index in [9.17, 15) is 4.79 Å². The van der Waals surface area contributed by atoms with Gasteiger partial charge in [0.25, 0.3) is 5.91 Å². The molecule has 39 heavy (non-hydrogen) atoms.